The van der Waals surface area contributed by atoms with E-state index in [1.54, 1.807) is 19.1 Å². The van der Waals surface area contributed by atoms with E-state index >= 15 is 0 Å². The Morgan fingerprint density at radius 1 is 1.30 bits per heavy atom. The maximum Gasteiger partial charge on any atom is 0.329 e. The van der Waals surface area contributed by atoms with E-state index in [9.17, 15) is 22.8 Å². The number of aromatic amines is 1. The van der Waals surface area contributed by atoms with Crippen LogP contribution in [0, 0.1) is 6.92 Å². The number of nitrogens with one attached hydrogen (secondary N) is 2. The van der Waals surface area contributed by atoms with Crippen molar-refractivity contribution >= 4 is 26.6 Å². The van der Waals surface area contributed by atoms with Gasteiger partial charge < -0.3 is 10.3 Å². The van der Waals surface area contributed by atoms with Crippen LogP contribution in [0.15, 0.2) is 21.7 Å². The molecule has 124 valence electrons. The summed E-state index contributed by atoms with van der Waals surface area (Å²) in [6, 6.07) is 3.18. The van der Waals surface area contributed by atoms with Crippen LogP contribution in [-0.2, 0) is 27.1 Å². The van der Waals surface area contributed by atoms with E-state index in [2.05, 4.69) is 10.3 Å². The highest BCUT2D eigenvalue weighted by molar-refractivity contribution is 7.89. The second-order valence-corrected chi connectivity index (χ2v) is 7.56. The van der Waals surface area contributed by atoms with Crippen molar-refractivity contribution in [2.24, 2.45) is 0 Å². The van der Waals surface area contributed by atoms with Gasteiger partial charge in [-0.3, -0.25) is 9.59 Å². The fourth-order valence-corrected chi connectivity index (χ4v) is 2.92. The first kappa shape index (κ1) is 16.9. The maximum absolute atomic E-state index is 12.4. The minimum Gasteiger partial charge on any atom is -0.352 e. The highest BCUT2D eigenvalue weighted by Crippen LogP contribution is 2.14. The zero-order chi connectivity index (χ0) is 17.4. The average Bonchev–Trinajstić information content (AvgIpc) is 2.40. The molecule has 0 spiro atoms. The molecular formula is C14H17N3O5S. The van der Waals surface area contributed by atoms with E-state index in [1.165, 1.54) is 6.92 Å². The molecule has 1 aromatic heterocycles. The Balaban J connectivity index is 2.66. The van der Waals surface area contributed by atoms with Crippen LogP contribution in [0.5, 0.6) is 0 Å². The van der Waals surface area contributed by atoms with E-state index in [0.717, 1.165) is 11.8 Å². The lowest BCUT2D eigenvalue weighted by Gasteiger charge is -2.10. The van der Waals surface area contributed by atoms with Crippen molar-refractivity contribution < 1.29 is 13.2 Å². The van der Waals surface area contributed by atoms with Gasteiger partial charge in [0.15, 0.2) is 9.84 Å². The summed E-state index contributed by atoms with van der Waals surface area (Å²) in [6.07, 6.45) is 0.945. The number of rotatable bonds is 4. The summed E-state index contributed by atoms with van der Waals surface area (Å²) < 4.78 is 23.4. The zero-order valence-corrected chi connectivity index (χ0v) is 13.8. The van der Waals surface area contributed by atoms with Gasteiger partial charge in [0.2, 0.25) is 5.91 Å². The van der Waals surface area contributed by atoms with Gasteiger partial charge >= 0.3 is 5.69 Å². The molecule has 0 radical (unpaired) electrons. The monoisotopic (exact) mass is 339 g/mol. The molecule has 2 rings (SSSR count). The van der Waals surface area contributed by atoms with Crippen LogP contribution in [0.2, 0.25) is 0 Å². The summed E-state index contributed by atoms with van der Waals surface area (Å²) >= 11 is 0. The van der Waals surface area contributed by atoms with E-state index in [1.807, 2.05) is 0 Å². The lowest BCUT2D eigenvalue weighted by atomic mass is 10.1. The standard InChI is InChI=1S/C14H17N3O5S/c1-8-4-12-11(5-10(8)6-15-9(2)18)13(19)17(14(20)16-12)7-23(3,21)22/h4-5H,6-7H2,1-3H3,(H,15,18)(H,16,20). The zero-order valence-electron chi connectivity index (χ0n) is 13.0. The van der Waals surface area contributed by atoms with Crippen LogP contribution < -0.4 is 16.6 Å². The average molecular weight is 339 g/mol. The summed E-state index contributed by atoms with van der Waals surface area (Å²) in [7, 11) is -3.54. The summed E-state index contributed by atoms with van der Waals surface area (Å²) in [5.41, 5.74) is 0.374. The number of aromatic nitrogens is 2. The molecule has 2 aromatic rings. The summed E-state index contributed by atoms with van der Waals surface area (Å²) in [4.78, 5) is 37.9. The molecule has 0 bridgehead atoms. The van der Waals surface area contributed by atoms with Gasteiger partial charge in [0.25, 0.3) is 5.56 Å². The van der Waals surface area contributed by atoms with E-state index < -0.39 is 27.0 Å². The molecule has 0 aliphatic rings. The molecule has 0 unspecified atom stereocenters. The third kappa shape index (κ3) is 3.86. The van der Waals surface area contributed by atoms with Crippen LogP contribution in [0.1, 0.15) is 18.1 Å². The van der Waals surface area contributed by atoms with Crippen LogP contribution in [0.25, 0.3) is 10.9 Å². The lowest BCUT2D eigenvalue weighted by molar-refractivity contribution is -0.119. The van der Waals surface area contributed by atoms with E-state index in [0.29, 0.717) is 15.6 Å². The minimum absolute atomic E-state index is 0.194. The molecule has 0 atom stereocenters. The first-order chi connectivity index (χ1) is 10.6. The third-order valence-corrected chi connectivity index (χ3v) is 4.06. The van der Waals surface area contributed by atoms with Gasteiger partial charge in [0, 0.05) is 19.7 Å². The van der Waals surface area contributed by atoms with Crippen molar-refractivity contribution in [2.45, 2.75) is 26.3 Å². The first-order valence-electron chi connectivity index (χ1n) is 6.77. The molecule has 1 aromatic carbocycles. The van der Waals surface area contributed by atoms with Gasteiger partial charge in [0.1, 0.15) is 5.88 Å². The molecule has 23 heavy (non-hydrogen) atoms. The quantitative estimate of drug-likeness (QED) is 0.788. The number of hydrogen-bond acceptors (Lipinski definition) is 5. The smallest absolute Gasteiger partial charge is 0.329 e. The van der Waals surface area contributed by atoms with E-state index in [-0.39, 0.29) is 17.8 Å². The predicted molar refractivity (Wildman–Crippen MR) is 85.9 cm³/mol. The van der Waals surface area contributed by atoms with Gasteiger partial charge in [-0.2, -0.15) is 0 Å². The second-order valence-electron chi connectivity index (χ2n) is 5.45. The Bertz CT molecular complexity index is 1000. The molecular weight excluding hydrogens is 322 g/mol. The molecule has 9 heteroatoms. The Hall–Kier alpha value is -2.42. The molecule has 8 nitrogen and oxygen atoms in total. The van der Waals surface area contributed by atoms with Gasteiger partial charge in [-0.05, 0) is 30.2 Å². The lowest BCUT2D eigenvalue weighted by Crippen LogP contribution is -2.37. The van der Waals surface area contributed by atoms with Crippen molar-refractivity contribution in [3.8, 4) is 0 Å². The number of carbonyl (C=O) groups excluding carboxylic acids is 1. The van der Waals surface area contributed by atoms with Crippen molar-refractivity contribution in [3.05, 3.63) is 44.1 Å². The van der Waals surface area contributed by atoms with Crippen LogP contribution in [-0.4, -0.2) is 30.1 Å². The molecule has 0 fully saturated rings. The third-order valence-electron chi connectivity index (χ3n) is 3.33. The van der Waals surface area contributed by atoms with Gasteiger partial charge in [-0.1, -0.05) is 0 Å². The Labute approximate surface area is 132 Å². The number of nitrogens with zero attached hydrogens (tertiary/aromatic N) is 1. The summed E-state index contributed by atoms with van der Waals surface area (Å²) in [5, 5.41) is 2.83. The molecule has 1 amide bonds. The number of amides is 1. The number of carbonyl (C=O) groups is 1. The van der Waals surface area contributed by atoms with Crippen molar-refractivity contribution in [3.63, 3.8) is 0 Å². The number of hydrogen-bond donors (Lipinski definition) is 2. The number of fused-ring (bicyclic) bond motifs is 1. The Morgan fingerprint density at radius 2 is 1.96 bits per heavy atom. The number of H-pyrrole nitrogens is 1. The van der Waals surface area contributed by atoms with Gasteiger partial charge in [-0.15, -0.1) is 0 Å². The molecule has 0 saturated carbocycles. The fourth-order valence-electron chi connectivity index (χ4n) is 2.22. The fraction of sp³-hybridized carbons (Fsp3) is 0.357. The summed E-state index contributed by atoms with van der Waals surface area (Å²) in [6.45, 7) is 3.41. The summed E-state index contributed by atoms with van der Waals surface area (Å²) in [5.74, 6) is -0.896. The minimum atomic E-state index is -3.54. The number of sulfone groups is 1. The van der Waals surface area contributed by atoms with Crippen LogP contribution in [0.4, 0.5) is 0 Å². The highest BCUT2D eigenvalue weighted by Gasteiger charge is 2.14. The number of aryl methyl sites for hydroxylation is 1. The van der Waals surface area contributed by atoms with Crippen molar-refractivity contribution in [1.29, 1.82) is 0 Å². The van der Waals surface area contributed by atoms with Crippen LogP contribution >= 0.6 is 0 Å². The molecule has 0 aliphatic carbocycles. The SMILES string of the molecule is CC(=O)NCc1cc2c(=O)n(CS(C)(=O)=O)c(=O)[nH]c2cc1C. The first-order valence-corrected chi connectivity index (χ1v) is 8.83. The maximum atomic E-state index is 12.4. The van der Waals surface area contributed by atoms with Gasteiger partial charge in [0.05, 0.1) is 10.9 Å². The molecule has 2 N–H and O–H groups in total. The van der Waals surface area contributed by atoms with Crippen molar-refractivity contribution in [1.82, 2.24) is 14.9 Å². The van der Waals surface area contributed by atoms with Gasteiger partial charge in [-0.25, -0.2) is 17.8 Å². The Kier molecular flexibility index (Phi) is 4.42. The molecule has 0 aliphatic heterocycles. The second kappa shape index (κ2) is 5.99. The van der Waals surface area contributed by atoms with Crippen LogP contribution in [0.3, 0.4) is 0 Å². The largest absolute Gasteiger partial charge is 0.352 e. The Morgan fingerprint density at radius 3 is 2.52 bits per heavy atom. The number of benzene rings is 1. The molecule has 1 heterocycles. The predicted octanol–water partition coefficient (Wildman–Crippen LogP) is -0.364. The van der Waals surface area contributed by atoms with E-state index in [4.69, 9.17) is 0 Å². The topological polar surface area (TPSA) is 118 Å². The highest BCUT2D eigenvalue weighted by atomic mass is 32.2. The molecule has 0 saturated heterocycles. The normalized spacial score (nSPS) is 11.6. The van der Waals surface area contributed by atoms with Crippen molar-refractivity contribution in [2.75, 3.05) is 6.26 Å².